The van der Waals surface area contributed by atoms with Crippen LogP contribution in [0.1, 0.15) is 58.4 Å². The van der Waals surface area contributed by atoms with Crippen LogP contribution in [0.25, 0.3) is 0 Å². The van der Waals surface area contributed by atoms with Gasteiger partial charge in [-0.2, -0.15) is 0 Å². The van der Waals surface area contributed by atoms with Crippen molar-refractivity contribution in [1.29, 1.82) is 0 Å². The fraction of sp³-hybridized carbons (Fsp3) is 0.364. The summed E-state index contributed by atoms with van der Waals surface area (Å²) in [4.78, 5) is 58.7. The molecule has 2 N–H and O–H groups in total. The number of rotatable bonds is 5. The van der Waals surface area contributed by atoms with E-state index in [-0.39, 0.29) is 43.3 Å². The second kappa shape index (κ2) is 8.03. The fourth-order valence-electron chi connectivity index (χ4n) is 4.01. The summed E-state index contributed by atoms with van der Waals surface area (Å²) in [6, 6.07) is 4.06. The zero-order valence-corrected chi connectivity index (χ0v) is 17.2. The number of carbonyl (C=O) groups is 4. The highest BCUT2D eigenvalue weighted by molar-refractivity contribution is 6.07. The van der Waals surface area contributed by atoms with Crippen LogP contribution in [0, 0.1) is 0 Å². The van der Waals surface area contributed by atoms with Gasteiger partial charge in [0.1, 0.15) is 6.04 Å². The lowest BCUT2D eigenvalue weighted by molar-refractivity contribution is -0.136. The van der Waals surface area contributed by atoms with E-state index in [0.717, 1.165) is 19.3 Å². The van der Waals surface area contributed by atoms with Crippen LogP contribution in [0.3, 0.4) is 0 Å². The van der Waals surface area contributed by atoms with E-state index < -0.39 is 17.9 Å². The quantitative estimate of drug-likeness (QED) is 0.679. The maximum atomic E-state index is 12.8. The molecular weight excluding hydrogens is 414 g/mol. The van der Waals surface area contributed by atoms with Crippen LogP contribution in [-0.2, 0) is 16.1 Å². The van der Waals surface area contributed by atoms with Crippen molar-refractivity contribution in [2.75, 3.05) is 5.32 Å². The molecule has 0 radical (unpaired) electrons. The number of anilines is 1. The van der Waals surface area contributed by atoms with Gasteiger partial charge < -0.3 is 9.64 Å². The normalized spacial score (nSPS) is 20.4. The van der Waals surface area contributed by atoms with Gasteiger partial charge in [0, 0.05) is 24.1 Å². The van der Waals surface area contributed by atoms with Crippen molar-refractivity contribution in [3.8, 4) is 5.75 Å². The Balaban J connectivity index is 1.25. The number of ether oxygens (including phenoxy) is 1. The number of piperidine rings is 1. The minimum Gasteiger partial charge on any atom is -0.487 e. The molecule has 32 heavy (non-hydrogen) atoms. The number of nitrogens with zero attached hydrogens (tertiary/aromatic N) is 3. The average molecular weight is 435 g/mol. The summed E-state index contributed by atoms with van der Waals surface area (Å²) >= 11 is 0. The molecule has 5 rings (SSSR count). The third-order valence-corrected chi connectivity index (χ3v) is 5.99. The summed E-state index contributed by atoms with van der Waals surface area (Å²) in [5.41, 5.74) is 1.44. The molecule has 1 saturated carbocycles. The van der Waals surface area contributed by atoms with Gasteiger partial charge in [0.15, 0.2) is 5.75 Å². The molecule has 1 atom stereocenters. The Kier molecular flexibility index (Phi) is 5.04. The molecule has 10 heteroatoms. The van der Waals surface area contributed by atoms with Gasteiger partial charge in [-0.3, -0.25) is 29.8 Å². The van der Waals surface area contributed by atoms with Gasteiger partial charge in [-0.1, -0.05) is 0 Å². The van der Waals surface area contributed by atoms with E-state index in [4.69, 9.17) is 4.74 Å². The standard InChI is InChI=1S/C22H21N5O5/c28-18-7-6-17(20(30)25-18)27-11-13-8-12(4-5-16(13)21(27)31)19(29)26-22-23-9-15(10-24-22)32-14-2-1-3-14/h4-5,8-10,14,17H,1-3,6-7,11H2,(H,25,28,30)(H,23,24,26,29). The Morgan fingerprint density at radius 3 is 2.59 bits per heavy atom. The highest BCUT2D eigenvalue weighted by Gasteiger charge is 2.39. The first-order valence-electron chi connectivity index (χ1n) is 10.6. The van der Waals surface area contributed by atoms with E-state index in [1.54, 1.807) is 18.2 Å². The van der Waals surface area contributed by atoms with Crippen molar-refractivity contribution in [1.82, 2.24) is 20.2 Å². The zero-order chi connectivity index (χ0) is 22.2. The summed E-state index contributed by atoms with van der Waals surface area (Å²) in [6.45, 7) is 0.200. The van der Waals surface area contributed by atoms with Crippen molar-refractivity contribution >= 4 is 29.6 Å². The number of hydrogen-bond donors (Lipinski definition) is 2. The molecule has 3 heterocycles. The van der Waals surface area contributed by atoms with Crippen molar-refractivity contribution in [2.24, 2.45) is 0 Å². The number of fused-ring (bicyclic) bond motifs is 1. The molecule has 0 bridgehead atoms. The van der Waals surface area contributed by atoms with E-state index in [9.17, 15) is 19.2 Å². The minimum atomic E-state index is -0.695. The van der Waals surface area contributed by atoms with Crippen LogP contribution in [0.5, 0.6) is 5.75 Å². The molecule has 2 aromatic rings. The predicted molar refractivity (Wildman–Crippen MR) is 111 cm³/mol. The maximum Gasteiger partial charge on any atom is 0.258 e. The average Bonchev–Trinajstić information content (AvgIpc) is 3.07. The minimum absolute atomic E-state index is 0.151. The smallest absolute Gasteiger partial charge is 0.258 e. The van der Waals surface area contributed by atoms with Crippen molar-refractivity contribution in [3.05, 3.63) is 47.3 Å². The first kappa shape index (κ1) is 20.1. The highest BCUT2D eigenvalue weighted by Crippen LogP contribution is 2.28. The molecular formula is C22H21N5O5. The predicted octanol–water partition coefficient (Wildman–Crippen LogP) is 1.42. The van der Waals surface area contributed by atoms with Gasteiger partial charge in [0.2, 0.25) is 17.8 Å². The van der Waals surface area contributed by atoms with Crippen LogP contribution < -0.4 is 15.4 Å². The lowest BCUT2D eigenvalue weighted by Gasteiger charge is -2.29. The van der Waals surface area contributed by atoms with Gasteiger partial charge in [-0.05, 0) is 49.4 Å². The topological polar surface area (TPSA) is 131 Å². The van der Waals surface area contributed by atoms with Gasteiger partial charge >= 0.3 is 0 Å². The molecule has 0 spiro atoms. The van der Waals surface area contributed by atoms with Crippen molar-refractivity contribution < 1.29 is 23.9 Å². The van der Waals surface area contributed by atoms with E-state index in [1.807, 2.05) is 0 Å². The molecule has 2 fully saturated rings. The van der Waals surface area contributed by atoms with Crippen molar-refractivity contribution in [2.45, 2.75) is 50.8 Å². The summed E-state index contributed by atoms with van der Waals surface area (Å²) in [5.74, 6) is -0.782. The molecule has 3 aliphatic rings. The molecule has 1 aromatic carbocycles. The van der Waals surface area contributed by atoms with Crippen LogP contribution in [-0.4, -0.2) is 50.6 Å². The molecule has 164 valence electrons. The summed E-state index contributed by atoms with van der Waals surface area (Å²) < 4.78 is 5.71. The number of hydrogen-bond acceptors (Lipinski definition) is 7. The molecule has 1 unspecified atom stereocenters. The Bertz CT molecular complexity index is 1110. The maximum absolute atomic E-state index is 12.8. The van der Waals surface area contributed by atoms with Crippen LogP contribution in [0.4, 0.5) is 5.95 Å². The third kappa shape index (κ3) is 3.79. The molecule has 1 aromatic heterocycles. The SMILES string of the molecule is O=C1CCC(N2Cc3cc(C(=O)Nc4ncc(OC5CCC5)cn4)ccc3C2=O)C(=O)N1. The Hall–Kier alpha value is -3.82. The third-order valence-electron chi connectivity index (χ3n) is 5.99. The second-order valence-electron chi connectivity index (χ2n) is 8.14. The Labute approximate surface area is 183 Å². The molecule has 1 aliphatic carbocycles. The van der Waals surface area contributed by atoms with Crippen LogP contribution in [0.2, 0.25) is 0 Å². The summed E-state index contributed by atoms with van der Waals surface area (Å²) in [5, 5.41) is 4.91. The summed E-state index contributed by atoms with van der Waals surface area (Å²) in [7, 11) is 0. The fourth-order valence-corrected chi connectivity index (χ4v) is 4.01. The van der Waals surface area contributed by atoms with E-state index in [2.05, 4.69) is 20.6 Å². The second-order valence-corrected chi connectivity index (χ2v) is 8.14. The number of nitrogens with one attached hydrogen (secondary N) is 2. The van der Waals surface area contributed by atoms with Crippen LogP contribution in [0.15, 0.2) is 30.6 Å². The highest BCUT2D eigenvalue weighted by atomic mass is 16.5. The first-order valence-corrected chi connectivity index (χ1v) is 10.6. The van der Waals surface area contributed by atoms with Gasteiger partial charge in [-0.25, -0.2) is 9.97 Å². The molecule has 10 nitrogen and oxygen atoms in total. The van der Waals surface area contributed by atoms with E-state index >= 15 is 0 Å². The number of aromatic nitrogens is 2. The zero-order valence-electron chi connectivity index (χ0n) is 17.2. The number of amides is 4. The Morgan fingerprint density at radius 1 is 1.12 bits per heavy atom. The number of benzene rings is 1. The molecule has 4 amide bonds. The summed E-state index contributed by atoms with van der Waals surface area (Å²) in [6.07, 6.45) is 6.97. The monoisotopic (exact) mass is 435 g/mol. The molecule has 2 aliphatic heterocycles. The number of carbonyl (C=O) groups excluding carboxylic acids is 4. The lowest BCUT2D eigenvalue weighted by atomic mass is 9.96. The van der Waals surface area contributed by atoms with Crippen molar-refractivity contribution in [3.63, 3.8) is 0 Å². The van der Waals surface area contributed by atoms with Crippen LogP contribution >= 0.6 is 0 Å². The van der Waals surface area contributed by atoms with E-state index in [0.29, 0.717) is 22.4 Å². The van der Waals surface area contributed by atoms with E-state index in [1.165, 1.54) is 17.3 Å². The van der Waals surface area contributed by atoms with Gasteiger partial charge in [-0.15, -0.1) is 0 Å². The number of imide groups is 1. The van der Waals surface area contributed by atoms with Gasteiger partial charge in [0.05, 0.1) is 18.5 Å². The van der Waals surface area contributed by atoms with Gasteiger partial charge in [0.25, 0.3) is 11.8 Å². The Morgan fingerprint density at radius 2 is 1.91 bits per heavy atom. The molecule has 1 saturated heterocycles. The largest absolute Gasteiger partial charge is 0.487 e. The lowest BCUT2D eigenvalue weighted by Crippen LogP contribution is -2.52. The first-order chi connectivity index (χ1) is 15.5.